The van der Waals surface area contributed by atoms with Crippen LogP contribution in [-0.4, -0.2) is 18.5 Å². The van der Waals surface area contributed by atoms with Crippen molar-refractivity contribution in [1.29, 1.82) is 0 Å². The minimum atomic E-state index is -4.63. The Morgan fingerprint density at radius 2 is 1.66 bits per heavy atom. The Hall–Kier alpha value is -3.81. The summed E-state index contributed by atoms with van der Waals surface area (Å²) in [6, 6.07) is 18.6. The summed E-state index contributed by atoms with van der Waals surface area (Å²) in [5.74, 6) is -1.46. The number of hydrogen-bond donors (Lipinski definition) is 1. The van der Waals surface area contributed by atoms with Crippen LogP contribution in [0.2, 0.25) is 0 Å². The maximum atomic E-state index is 13.0. The largest absolute Gasteiger partial charge is 0.488 e. The van der Waals surface area contributed by atoms with Gasteiger partial charge in [-0.3, -0.25) is 4.79 Å². The number of anilines is 1. The summed E-state index contributed by atoms with van der Waals surface area (Å²) < 4.78 is 49.9. The van der Waals surface area contributed by atoms with Gasteiger partial charge in [-0.15, -0.1) is 0 Å². The number of carbonyl (C=O) groups excluding carboxylic acids is 2. The van der Waals surface area contributed by atoms with Crippen molar-refractivity contribution < 1.29 is 32.2 Å². The standard InChI is InChI=1S/C24H20F3NO4/c1-16-7-6-8-17(13-16)14-31-21-12-5-2-9-18(21)23(30)32-15-22(29)28-20-11-4-3-10-19(20)24(25,26)27/h2-13H,14-15H2,1H3,(H,28,29). The maximum absolute atomic E-state index is 13.0. The van der Waals surface area contributed by atoms with Gasteiger partial charge in [0.1, 0.15) is 17.9 Å². The van der Waals surface area contributed by atoms with E-state index >= 15 is 0 Å². The van der Waals surface area contributed by atoms with Crippen LogP contribution >= 0.6 is 0 Å². The fraction of sp³-hybridized carbons (Fsp3) is 0.167. The Bertz CT molecular complexity index is 1110. The Kier molecular flexibility index (Phi) is 7.14. The molecule has 5 nitrogen and oxygen atoms in total. The molecule has 166 valence electrons. The first-order chi connectivity index (χ1) is 15.2. The van der Waals surface area contributed by atoms with Gasteiger partial charge >= 0.3 is 12.1 Å². The van der Waals surface area contributed by atoms with Gasteiger partial charge in [0, 0.05) is 0 Å². The highest BCUT2D eigenvalue weighted by Crippen LogP contribution is 2.34. The minimum Gasteiger partial charge on any atom is -0.488 e. The van der Waals surface area contributed by atoms with Crippen molar-refractivity contribution in [3.8, 4) is 5.75 Å². The van der Waals surface area contributed by atoms with E-state index < -0.39 is 35.9 Å². The number of nitrogens with one attached hydrogen (secondary N) is 1. The van der Waals surface area contributed by atoms with Gasteiger partial charge in [-0.1, -0.05) is 54.1 Å². The van der Waals surface area contributed by atoms with Crippen LogP contribution in [0.3, 0.4) is 0 Å². The summed E-state index contributed by atoms with van der Waals surface area (Å²) in [5.41, 5.74) is 0.675. The second-order valence-electron chi connectivity index (χ2n) is 6.94. The van der Waals surface area contributed by atoms with Crippen molar-refractivity contribution in [2.24, 2.45) is 0 Å². The molecule has 3 aromatic carbocycles. The molecule has 3 aromatic rings. The molecule has 0 heterocycles. The van der Waals surface area contributed by atoms with E-state index in [0.29, 0.717) is 0 Å². The summed E-state index contributed by atoms with van der Waals surface area (Å²) >= 11 is 0. The molecular formula is C24H20F3NO4. The van der Waals surface area contributed by atoms with Crippen molar-refractivity contribution >= 4 is 17.6 Å². The van der Waals surface area contributed by atoms with E-state index in [-0.39, 0.29) is 17.9 Å². The second-order valence-corrected chi connectivity index (χ2v) is 6.94. The molecule has 3 rings (SSSR count). The molecule has 0 saturated heterocycles. The lowest BCUT2D eigenvalue weighted by atomic mass is 10.1. The summed E-state index contributed by atoms with van der Waals surface area (Å²) in [7, 11) is 0. The average Bonchev–Trinajstić information content (AvgIpc) is 2.76. The summed E-state index contributed by atoms with van der Waals surface area (Å²) in [4.78, 5) is 24.5. The van der Waals surface area contributed by atoms with Gasteiger partial charge in [-0.25, -0.2) is 4.79 Å². The number of esters is 1. The van der Waals surface area contributed by atoms with E-state index in [1.165, 1.54) is 18.2 Å². The molecule has 0 spiro atoms. The second kappa shape index (κ2) is 10.00. The number of carbonyl (C=O) groups is 2. The third kappa shape index (κ3) is 6.10. The number of aryl methyl sites for hydroxylation is 1. The normalized spacial score (nSPS) is 11.0. The highest BCUT2D eigenvalue weighted by molar-refractivity contribution is 5.97. The van der Waals surface area contributed by atoms with Crippen LogP contribution in [0.5, 0.6) is 5.75 Å². The average molecular weight is 443 g/mol. The first-order valence-corrected chi connectivity index (χ1v) is 9.64. The Morgan fingerprint density at radius 3 is 2.41 bits per heavy atom. The van der Waals surface area contributed by atoms with Crippen LogP contribution in [0.4, 0.5) is 18.9 Å². The molecule has 1 amide bonds. The first kappa shape index (κ1) is 22.9. The van der Waals surface area contributed by atoms with Gasteiger partial charge in [-0.2, -0.15) is 13.2 Å². The van der Waals surface area contributed by atoms with E-state index in [2.05, 4.69) is 5.32 Å². The van der Waals surface area contributed by atoms with E-state index in [0.717, 1.165) is 23.3 Å². The molecule has 1 N–H and O–H groups in total. The van der Waals surface area contributed by atoms with Crippen molar-refractivity contribution in [2.45, 2.75) is 19.7 Å². The van der Waals surface area contributed by atoms with E-state index in [1.807, 2.05) is 31.2 Å². The van der Waals surface area contributed by atoms with Gasteiger partial charge in [0.2, 0.25) is 0 Å². The molecular weight excluding hydrogens is 423 g/mol. The highest BCUT2D eigenvalue weighted by atomic mass is 19.4. The number of amides is 1. The molecule has 0 aliphatic rings. The van der Waals surface area contributed by atoms with E-state index in [9.17, 15) is 22.8 Å². The first-order valence-electron chi connectivity index (χ1n) is 9.64. The van der Waals surface area contributed by atoms with Crippen molar-refractivity contribution in [3.63, 3.8) is 0 Å². The number of benzene rings is 3. The highest BCUT2D eigenvalue weighted by Gasteiger charge is 2.33. The predicted octanol–water partition coefficient (Wildman–Crippen LogP) is 5.39. The molecule has 0 bridgehead atoms. The number of halogens is 3. The van der Waals surface area contributed by atoms with Crippen LogP contribution in [-0.2, 0) is 22.3 Å². The molecule has 0 atom stereocenters. The molecule has 0 unspecified atom stereocenters. The fourth-order valence-corrected chi connectivity index (χ4v) is 2.96. The molecule has 0 aliphatic carbocycles. The summed E-state index contributed by atoms with van der Waals surface area (Å²) in [6.45, 7) is 1.42. The molecule has 0 aliphatic heterocycles. The van der Waals surface area contributed by atoms with Crippen molar-refractivity contribution in [3.05, 3.63) is 95.1 Å². The predicted molar refractivity (Wildman–Crippen MR) is 112 cm³/mol. The van der Waals surface area contributed by atoms with Crippen LogP contribution in [0, 0.1) is 6.92 Å². The smallest absolute Gasteiger partial charge is 0.418 e. The van der Waals surface area contributed by atoms with Crippen molar-refractivity contribution in [2.75, 3.05) is 11.9 Å². The molecule has 0 radical (unpaired) electrons. The van der Waals surface area contributed by atoms with E-state index in [1.54, 1.807) is 18.2 Å². The van der Waals surface area contributed by atoms with Crippen LogP contribution < -0.4 is 10.1 Å². The van der Waals surface area contributed by atoms with Crippen LogP contribution in [0.15, 0.2) is 72.8 Å². The molecule has 8 heteroatoms. The Morgan fingerprint density at radius 1 is 0.938 bits per heavy atom. The lowest BCUT2D eigenvalue weighted by Crippen LogP contribution is -2.23. The van der Waals surface area contributed by atoms with Crippen LogP contribution in [0.1, 0.15) is 27.0 Å². The van der Waals surface area contributed by atoms with Gasteiger partial charge in [0.15, 0.2) is 6.61 Å². The summed E-state index contributed by atoms with van der Waals surface area (Å²) in [6.07, 6.45) is -4.63. The number of hydrogen-bond acceptors (Lipinski definition) is 4. The third-order valence-corrected chi connectivity index (χ3v) is 4.42. The number of ether oxygens (including phenoxy) is 2. The summed E-state index contributed by atoms with van der Waals surface area (Å²) in [5, 5.41) is 2.12. The number of alkyl halides is 3. The molecule has 0 saturated carbocycles. The molecule has 32 heavy (non-hydrogen) atoms. The van der Waals surface area contributed by atoms with Gasteiger partial charge in [0.25, 0.3) is 5.91 Å². The Balaban J connectivity index is 1.61. The zero-order valence-corrected chi connectivity index (χ0v) is 17.1. The monoisotopic (exact) mass is 443 g/mol. The number of rotatable bonds is 7. The van der Waals surface area contributed by atoms with Crippen molar-refractivity contribution in [1.82, 2.24) is 0 Å². The topological polar surface area (TPSA) is 64.6 Å². The molecule has 0 fully saturated rings. The zero-order valence-electron chi connectivity index (χ0n) is 17.1. The quantitative estimate of drug-likeness (QED) is 0.498. The minimum absolute atomic E-state index is 0.101. The van der Waals surface area contributed by atoms with Gasteiger partial charge < -0.3 is 14.8 Å². The zero-order chi connectivity index (χ0) is 23.1. The lowest BCUT2D eigenvalue weighted by Gasteiger charge is -2.14. The van der Waals surface area contributed by atoms with Gasteiger partial charge in [0.05, 0.1) is 11.3 Å². The fourth-order valence-electron chi connectivity index (χ4n) is 2.96. The molecule has 0 aromatic heterocycles. The van der Waals surface area contributed by atoms with E-state index in [4.69, 9.17) is 9.47 Å². The van der Waals surface area contributed by atoms with Crippen LogP contribution in [0.25, 0.3) is 0 Å². The SMILES string of the molecule is Cc1cccc(COc2ccccc2C(=O)OCC(=O)Nc2ccccc2C(F)(F)F)c1. The lowest BCUT2D eigenvalue weighted by molar-refractivity contribution is -0.137. The number of para-hydroxylation sites is 2. The Labute approximate surface area is 182 Å². The third-order valence-electron chi connectivity index (χ3n) is 4.42. The van der Waals surface area contributed by atoms with Gasteiger partial charge in [-0.05, 0) is 36.8 Å². The maximum Gasteiger partial charge on any atom is 0.418 e.